The molecule has 1 N–H and O–H groups in total. The molecule has 0 unspecified atom stereocenters. The number of para-hydroxylation sites is 1. The summed E-state index contributed by atoms with van der Waals surface area (Å²) in [6, 6.07) is 14.7. The number of nitrogens with zero attached hydrogens (tertiary/aromatic N) is 5. The molecule has 0 aliphatic heterocycles. The molecule has 0 bridgehead atoms. The number of rotatable bonds is 7. The maximum Gasteiger partial charge on any atom is 0.264 e. The Labute approximate surface area is 192 Å². The maximum atomic E-state index is 12.8. The van der Waals surface area contributed by atoms with Crippen molar-refractivity contribution in [3.63, 3.8) is 0 Å². The number of nitrogens with one attached hydrogen (secondary N) is 1. The van der Waals surface area contributed by atoms with E-state index >= 15 is 0 Å². The zero-order chi connectivity index (χ0) is 22.8. The van der Waals surface area contributed by atoms with Crippen LogP contribution in [0.3, 0.4) is 0 Å². The van der Waals surface area contributed by atoms with Gasteiger partial charge in [-0.1, -0.05) is 41.0 Å². The molecule has 10 heteroatoms. The molecule has 0 radical (unpaired) electrons. The van der Waals surface area contributed by atoms with Crippen LogP contribution < -0.4 is 10.9 Å². The summed E-state index contributed by atoms with van der Waals surface area (Å²) >= 11 is 5.92. The Morgan fingerprint density at radius 1 is 1.09 bits per heavy atom. The zero-order valence-corrected chi connectivity index (χ0v) is 18.2. The van der Waals surface area contributed by atoms with Gasteiger partial charge in [0, 0.05) is 17.0 Å². The molecule has 33 heavy (non-hydrogen) atoms. The molecule has 0 fully saturated rings. The second kappa shape index (κ2) is 8.87. The van der Waals surface area contributed by atoms with Gasteiger partial charge in [0.1, 0.15) is 17.4 Å². The van der Waals surface area contributed by atoms with E-state index in [9.17, 15) is 9.59 Å². The first kappa shape index (κ1) is 20.9. The summed E-state index contributed by atoms with van der Waals surface area (Å²) in [6.45, 7) is 1.10. The molecule has 0 aliphatic carbocycles. The van der Waals surface area contributed by atoms with Crippen molar-refractivity contribution in [1.29, 1.82) is 0 Å². The Bertz CT molecular complexity index is 1500. The van der Waals surface area contributed by atoms with Crippen molar-refractivity contribution in [3.8, 4) is 0 Å². The van der Waals surface area contributed by atoms with Crippen LogP contribution in [-0.2, 0) is 24.3 Å². The lowest BCUT2D eigenvalue weighted by molar-refractivity contribution is -0.120. The number of halogens is 1. The summed E-state index contributed by atoms with van der Waals surface area (Å²) in [5, 5.41) is 13.0. The Morgan fingerprint density at radius 2 is 1.91 bits per heavy atom. The van der Waals surface area contributed by atoms with Crippen molar-refractivity contribution in [2.45, 2.75) is 19.5 Å². The fraction of sp³-hybridized carbons (Fsp3) is 0.174. The number of hydrogen-bond acceptors (Lipinski definition) is 6. The smallest absolute Gasteiger partial charge is 0.264 e. The molecule has 3 heterocycles. The lowest BCUT2D eigenvalue weighted by Gasteiger charge is -2.07. The van der Waals surface area contributed by atoms with E-state index in [1.54, 1.807) is 16.8 Å². The summed E-state index contributed by atoms with van der Waals surface area (Å²) in [4.78, 5) is 29.6. The van der Waals surface area contributed by atoms with E-state index in [0.29, 0.717) is 47.0 Å². The number of amides is 1. The van der Waals surface area contributed by atoms with Crippen molar-refractivity contribution in [2.75, 3.05) is 6.54 Å². The Hall–Kier alpha value is -3.98. The molecule has 1 amide bonds. The minimum absolute atomic E-state index is 0.116. The third-order valence-corrected chi connectivity index (χ3v) is 5.57. The van der Waals surface area contributed by atoms with Crippen molar-refractivity contribution < 1.29 is 9.32 Å². The topological polar surface area (TPSA) is 108 Å². The van der Waals surface area contributed by atoms with Crippen LogP contribution >= 0.6 is 11.6 Å². The number of carbonyl (C=O) groups excluding carboxylic acids is 1. The summed E-state index contributed by atoms with van der Waals surface area (Å²) < 4.78 is 8.37. The third-order valence-electron chi connectivity index (χ3n) is 5.31. The largest absolute Gasteiger partial charge is 0.356 e. The molecular weight excluding hydrogens is 444 g/mol. The molecule has 9 nitrogen and oxygen atoms in total. The summed E-state index contributed by atoms with van der Waals surface area (Å²) in [5.74, 6) is -0.177. The second-order valence-corrected chi connectivity index (χ2v) is 8.00. The lowest BCUT2D eigenvalue weighted by atomic mass is 10.1. The molecule has 5 rings (SSSR count). The van der Waals surface area contributed by atoms with Crippen molar-refractivity contribution in [1.82, 2.24) is 29.8 Å². The van der Waals surface area contributed by atoms with Gasteiger partial charge in [0.05, 0.1) is 25.7 Å². The fourth-order valence-electron chi connectivity index (χ4n) is 3.64. The van der Waals surface area contributed by atoms with E-state index in [-0.39, 0.29) is 17.9 Å². The third kappa shape index (κ3) is 4.35. The summed E-state index contributed by atoms with van der Waals surface area (Å²) in [7, 11) is 0. The number of aromatic nitrogens is 5. The highest BCUT2D eigenvalue weighted by Gasteiger charge is 2.13. The molecule has 166 valence electrons. The van der Waals surface area contributed by atoms with Crippen LogP contribution in [0.25, 0.3) is 22.0 Å². The Kier molecular flexibility index (Phi) is 5.62. The fourth-order valence-corrected chi connectivity index (χ4v) is 3.77. The first-order valence-electron chi connectivity index (χ1n) is 10.3. The van der Waals surface area contributed by atoms with Gasteiger partial charge in [-0.2, -0.15) is 5.10 Å². The predicted octanol–water partition coefficient (Wildman–Crippen LogP) is 2.79. The van der Waals surface area contributed by atoms with Crippen LogP contribution in [0.1, 0.15) is 11.3 Å². The predicted molar refractivity (Wildman–Crippen MR) is 123 cm³/mol. The zero-order valence-electron chi connectivity index (χ0n) is 17.4. The van der Waals surface area contributed by atoms with E-state index in [2.05, 4.69) is 20.6 Å². The molecule has 0 saturated heterocycles. The number of hydrogen-bond donors (Lipinski definition) is 1. The monoisotopic (exact) mass is 462 g/mol. The minimum atomic E-state index is -0.178. The van der Waals surface area contributed by atoms with Gasteiger partial charge in [-0.05, 0) is 29.8 Å². The van der Waals surface area contributed by atoms with Gasteiger partial charge in [0.15, 0.2) is 11.2 Å². The highest BCUT2D eigenvalue weighted by atomic mass is 35.5. The van der Waals surface area contributed by atoms with Crippen molar-refractivity contribution >= 4 is 39.5 Å². The van der Waals surface area contributed by atoms with Gasteiger partial charge in [0.2, 0.25) is 5.91 Å². The van der Waals surface area contributed by atoms with E-state index in [0.717, 1.165) is 10.9 Å². The maximum absolute atomic E-state index is 12.8. The van der Waals surface area contributed by atoms with E-state index < -0.39 is 0 Å². The van der Waals surface area contributed by atoms with Crippen LogP contribution in [0.15, 0.2) is 70.4 Å². The molecule has 0 aliphatic rings. The van der Waals surface area contributed by atoms with E-state index in [4.69, 9.17) is 16.1 Å². The van der Waals surface area contributed by atoms with Gasteiger partial charge in [-0.3, -0.25) is 14.2 Å². The second-order valence-electron chi connectivity index (χ2n) is 7.56. The van der Waals surface area contributed by atoms with Gasteiger partial charge >= 0.3 is 0 Å². The number of fused-ring (bicyclic) bond motifs is 2. The van der Waals surface area contributed by atoms with Gasteiger partial charge in [-0.25, -0.2) is 9.67 Å². The number of benzene rings is 2. The Morgan fingerprint density at radius 3 is 2.76 bits per heavy atom. The highest BCUT2D eigenvalue weighted by molar-refractivity contribution is 6.30. The van der Waals surface area contributed by atoms with Crippen molar-refractivity contribution in [3.05, 3.63) is 87.7 Å². The summed E-state index contributed by atoms with van der Waals surface area (Å²) in [6.07, 6.45) is 3.13. The van der Waals surface area contributed by atoms with Crippen molar-refractivity contribution in [2.24, 2.45) is 0 Å². The van der Waals surface area contributed by atoms with Gasteiger partial charge in [-0.15, -0.1) is 0 Å². The average Bonchev–Trinajstić information content (AvgIpc) is 3.42. The average molecular weight is 463 g/mol. The highest BCUT2D eigenvalue weighted by Crippen LogP contribution is 2.18. The first-order chi connectivity index (χ1) is 16.1. The van der Waals surface area contributed by atoms with Crippen LogP contribution in [0, 0.1) is 0 Å². The van der Waals surface area contributed by atoms with Crippen LogP contribution in [-0.4, -0.2) is 36.9 Å². The molecular formula is C23H19ClN6O3. The normalized spacial score (nSPS) is 11.3. The SMILES string of the molecule is O=C(Cc1noc2ccccc12)NCCn1ncc2c(=O)n(Cc3ccc(Cl)cc3)cnc21. The quantitative estimate of drug-likeness (QED) is 0.398. The molecule has 0 atom stereocenters. The minimum Gasteiger partial charge on any atom is -0.356 e. The number of carbonyl (C=O) groups is 1. The lowest BCUT2D eigenvalue weighted by Crippen LogP contribution is -2.29. The van der Waals surface area contributed by atoms with Crippen LogP contribution in [0.2, 0.25) is 5.02 Å². The Balaban J connectivity index is 1.23. The van der Waals surface area contributed by atoms with E-state index in [1.807, 2.05) is 36.4 Å². The molecule has 0 saturated carbocycles. The van der Waals surface area contributed by atoms with Crippen LogP contribution in [0.5, 0.6) is 0 Å². The van der Waals surface area contributed by atoms with E-state index in [1.165, 1.54) is 17.1 Å². The molecule has 5 aromatic rings. The molecule has 2 aromatic carbocycles. The first-order valence-corrected chi connectivity index (χ1v) is 10.7. The van der Waals surface area contributed by atoms with Crippen LogP contribution in [0.4, 0.5) is 0 Å². The molecule has 0 spiro atoms. The standard InChI is InChI=1S/C23H19ClN6O3/c24-16-7-5-15(6-8-16)13-29-14-26-22-18(23(29)32)12-27-30(22)10-9-25-21(31)11-19-17-3-1-2-4-20(17)33-28-19/h1-8,12,14H,9-11,13H2,(H,25,31). The summed E-state index contributed by atoms with van der Waals surface area (Å²) in [5.41, 5.74) is 2.48. The molecule has 3 aromatic heterocycles. The van der Waals surface area contributed by atoms with Gasteiger partial charge < -0.3 is 9.84 Å². The van der Waals surface area contributed by atoms with Gasteiger partial charge in [0.25, 0.3) is 5.56 Å².